The summed E-state index contributed by atoms with van der Waals surface area (Å²) in [6.45, 7) is 6.72. The van der Waals surface area contributed by atoms with Gasteiger partial charge in [0.1, 0.15) is 0 Å². The Morgan fingerprint density at radius 2 is 1.85 bits per heavy atom. The number of aryl methyl sites for hydroxylation is 2. The molecule has 3 aromatic rings. The van der Waals surface area contributed by atoms with Gasteiger partial charge in [0.25, 0.3) is 5.91 Å². The predicted octanol–water partition coefficient (Wildman–Crippen LogP) is 3.71. The minimum absolute atomic E-state index is 0.0681. The van der Waals surface area contributed by atoms with Crippen molar-refractivity contribution in [1.82, 2.24) is 20.1 Å². The summed E-state index contributed by atoms with van der Waals surface area (Å²) in [6, 6.07) is 8.15. The molecule has 1 aromatic carbocycles. The topological polar surface area (TPSA) is 115 Å². The van der Waals surface area contributed by atoms with Crippen molar-refractivity contribution in [3.8, 4) is 0 Å². The van der Waals surface area contributed by atoms with Crippen molar-refractivity contribution in [2.24, 2.45) is 11.7 Å². The first-order valence-electron chi connectivity index (χ1n) is 11.6. The Kier molecular flexibility index (Phi) is 6.62. The number of primary amides is 1. The first-order chi connectivity index (χ1) is 15.9. The van der Waals surface area contributed by atoms with E-state index in [1.165, 1.54) is 5.56 Å². The Bertz CT molecular complexity index is 1150. The molecule has 0 spiro atoms. The lowest BCUT2D eigenvalue weighted by Crippen LogP contribution is -2.33. The van der Waals surface area contributed by atoms with Crippen LogP contribution in [-0.4, -0.2) is 32.6 Å². The van der Waals surface area contributed by atoms with E-state index in [4.69, 9.17) is 5.73 Å². The summed E-state index contributed by atoms with van der Waals surface area (Å²) in [5.74, 6) is -0.481. The van der Waals surface area contributed by atoms with Gasteiger partial charge in [-0.25, -0.2) is 9.67 Å². The van der Waals surface area contributed by atoms with E-state index in [-0.39, 0.29) is 29.8 Å². The van der Waals surface area contributed by atoms with Gasteiger partial charge >= 0.3 is 0 Å². The SMILES string of the molecule is CCn1ncc2c(N[C@H]3CC[C@@H](C(N)=O)CC3)c(C(=O)N[C@H](C)c3ccc(C)cc3)cnc21. The summed E-state index contributed by atoms with van der Waals surface area (Å²) in [5.41, 5.74) is 9.70. The van der Waals surface area contributed by atoms with Crippen LogP contribution in [0.5, 0.6) is 0 Å². The number of rotatable bonds is 7. The molecule has 1 saturated carbocycles. The maximum Gasteiger partial charge on any atom is 0.255 e. The lowest BCUT2D eigenvalue weighted by molar-refractivity contribution is -0.122. The minimum Gasteiger partial charge on any atom is -0.381 e. The smallest absolute Gasteiger partial charge is 0.255 e. The molecule has 0 aliphatic heterocycles. The van der Waals surface area contributed by atoms with Gasteiger partial charge in [-0.1, -0.05) is 29.8 Å². The average Bonchev–Trinajstić information content (AvgIpc) is 3.23. The summed E-state index contributed by atoms with van der Waals surface area (Å²) < 4.78 is 1.82. The van der Waals surface area contributed by atoms with E-state index in [1.54, 1.807) is 12.4 Å². The molecular weight excluding hydrogens is 416 g/mol. The number of anilines is 1. The van der Waals surface area contributed by atoms with Crippen molar-refractivity contribution >= 4 is 28.5 Å². The van der Waals surface area contributed by atoms with Gasteiger partial charge in [0.2, 0.25) is 5.91 Å². The summed E-state index contributed by atoms with van der Waals surface area (Å²) in [6.07, 6.45) is 6.54. The number of hydrogen-bond acceptors (Lipinski definition) is 5. The lowest BCUT2D eigenvalue weighted by Gasteiger charge is -2.29. The molecule has 2 heterocycles. The van der Waals surface area contributed by atoms with Crippen molar-refractivity contribution in [2.75, 3.05) is 5.32 Å². The predicted molar refractivity (Wildman–Crippen MR) is 129 cm³/mol. The third-order valence-electron chi connectivity index (χ3n) is 6.61. The van der Waals surface area contributed by atoms with E-state index < -0.39 is 0 Å². The summed E-state index contributed by atoms with van der Waals surface area (Å²) in [5, 5.41) is 12.0. The lowest BCUT2D eigenvalue weighted by atomic mass is 9.85. The fraction of sp³-hybridized carbons (Fsp3) is 0.440. The number of amides is 2. The number of nitrogens with zero attached hydrogens (tertiary/aromatic N) is 3. The first kappa shape index (κ1) is 22.8. The van der Waals surface area contributed by atoms with Crippen LogP contribution in [0, 0.1) is 12.8 Å². The van der Waals surface area contributed by atoms with Crippen molar-refractivity contribution in [1.29, 1.82) is 0 Å². The van der Waals surface area contributed by atoms with E-state index in [0.29, 0.717) is 12.1 Å². The van der Waals surface area contributed by atoms with E-state index in [1.807, 2.05) is 49.7 Å². The van der Waals surface area contributed by atoms with Crippen LogP contribution in [0.3, 0.4) is 0 Å². The molecule has 1 aliphatic carbocycles. The molecule has 0 radical (unpaired) electrons. The van der Waals surface area contributed by atoms with E-state index >= 15 is 0 Å². The summed E-state index contributed by atoms with van der Waals surface area (Å²) in [7, 11) is 0. The van der Waals surface area contributed by atoms with Gasteiger partial charge in [-0.15, -0.1) is 0 Å². The Morgan fingerprint density at radius 3 is 2.48 bits per heavy atom. The molecule has 1 fully saturated rings. The molecule has 174 valence electrons. The van der Waals surface area contributed by atoms with Crippen LogP contribution >= 0.6 is 0 Å². The van der Waals surface area contributed by atoms with Gasteiger partial charge in [0.05, 0.1) is 28.9 Å². The number of benzene rings is 1. The van der Waals surface area contributed by atoms with Crippen LogP contribution < -0.4 is 16.4 Å². The number of nitrogens with two attached hydrogens (primary N) is 1. The second-order valence-electron chi connectivity index (χ2n) is 8.95. The highest BCUT2D eigenvalue weighted by atomic mass is 16.2. The Morgan fingerprint density at radius 1 is 1.15 bits per heavy atom. The summed E-state index contributed by atoms with van der Waals surface area (Å²) >= 11 is 0. The van der Waals surface area contributed by atoms with Crippen molar-refractivity contribution < 1.29 is 9.59 Å². The summed E-state index contributed by atoms with van der Waals surface area (Å²) in [4.78, 5) is 29.4. The molecule has 8 heteroatoms. The zero-order valence-corrected chi connectivity index (χ0v) is 19.5. The van der Waals surface area contributed by atoms with Gasteiger partial charge in [-0.3, -0.25) is 9.59 Å². The van der Waals surface area contributed by atoms with Crippen LogP contribution in [0.1, 0.15) is 67.1 Å². The zero-order chi connectivity index (χ0) is 23.5. The second kappa shape index (κ2) is 9.60. The van der Waals surface area contributed by atoms with E-state index in [0.717, 1.165) is 48.0 Å². The largest absolute Gasteiger partial charge is 0.381 e. The molecule has 0 unspecified atom stereocenters. The van der Waals surface area contributed by atoms with Crippen molar-refractivity contribution in [2.45, 2.75) is 65.1 Å². The Labute approximate surface area is 193 Å². The number of carbonyl (C=O) groups is 2. The second-order valence-corrected chi connectivity index (χ2v) is 8.95. The third-order valence-corrected chi connectivity index (χ3v) is 6.61. The molecule has 4 rings (SSSR count). The fourth-order valence-electron chi connectivity index (χ4n) is 4.53. The maximum atomic E-state index is 13.3. The van der Waals surface area contributed by atoms with Crippen LogP contribution in [0.4, 0.5) is 5.69 Å². The number of fused-ring (bicyclic) bond motifs is 1. The number of pyridine rings is 1. The number of nitrogens with one attached hydrogen (secondary N) is 2. The first-order valence-corrected chi connectivity index (χ1v) is 11.6. The fourth-order valence-corrected chi connectivity index (χ4v) is 4.53. The van der Waals surface area contributed by atoms with Crippen LogP contribution in [-0.2, 0) is 11.3 Å². The molecule has 2 aromatic heterocycles. The van der Waals surface area contributed by atoms with Crippen LogP contribution in [0.25, 0.3) is 11.0 Å². The number of aromatic nitrogens is 3. The number of hydrogen-bond donors (Lipinski definition) is 3. The van der Waals surface area contributed by atoms with Gasteiger partial charge in [0, 0.05) is 24.7 Å². The zero-order valence-electron chi connectivity index (χ0n) is 19.5. The highest BCUT2D eigenvalue weighted by Gasteiger charge is 2.27. The normalized spacial score (nSPS) is 19.2. The molecule has 33 heavy (non-hydrogen) atoms. The highest BCUT2D eigenvalue weighted by molar-refractivity contribution is 6.06. The standard InChI is InChI=1S/C25H32N6O2/c1-4-31-24-20(14-28-31)22(30-19-11-9-18(10-12-19)23(26)32)21(13-27-24)25(33)29-16(3)17-7-5-15(2)6-8-17/h5-8,13-14,16,18-19H,4,9-12H2,1-3H3,(H2,26,32)(H,27,30)(H,29,33)/t16-,18-,19+/m1/s1. The Balaban J connectivity index is 1.61. The molecule has 2 amide bonds. The minimum atomic E-state index is -0.228. The molecule has 8 nitrogen and oxygen atoms in total. The molecule has 4 N–H and O–H groups in total. The molecule has 1 atom stereocenters. The van der Waals surface area contributed by atoms with E-state index in [9.17, 15) is 9.59 Å². The molecule has 0 saturated heterocycles. The van der Waals surface area contributed by atoms with Gasteiger partial charge in [-0.05, 0) is 52.0 Å². The highest BCUT2D eigenvalue weighted by Crippen LogP contribution is 2.32. The number of carbonyl (C=O) groups excluding carboxylic acids is 2. The van der Waals surface area contributed by atoms with Gasteiger partial charge in [-0.2, -0.15) is 5.10 Å². The molecule has 1 aliphatic rings. The Hall–Kier alpha value is -3.42. The quantitative estimate of drug-likeness (QED) is 0.510. The molecule has 0 bridgehead atoms. The third kappa shape index (κ3) is 4.84. The maximum absolute atomic E-state index is 13.3. The van der Waals surface area contributed by atoms with Crippen LogP contribution in [0.2, 0.25) is 0 Å². The molecular formula is C25H32N6O2. The van der Waals surface area contributed by atoms with Crippen molar-refractivity contribution in [3.05, 3.63) is 53.3 Å². The monoisotopic (exact) mass is 448 g/mol. The van der Waals surface area contributed by atoms with Gasteiger partial charge in [0.15, 0.2) is 5.65 Å². The van der Waals surface area contributed by atoms with E-state index in [2.05, 4.69) is 20.7 Å². The van der Waals surface area contributed by atoms with Crippen LogP contribution in [0.15, 0.2) is 36.7 Å². The van der Waals surface area contributed by atoms with Gasteiger partial charge < -0.3 is 16.4 Å². The van der Waals surface area contributed by atoms with Crippen molar-refractivity contribution in [3.63, 3.8) is 0 Å². The average molecular weight is 449 g/mol.